The van der Waals surface area contributed by atoms with E-state index in [0.717, 1.165) is 23.8 Å². The Balaban J connectivity index is 1.69. The molecule has 20 heavy (non-hydrogen) atoms. The van der Waals surface area contributed by atoms with Gasteiger partial charge in [0.15, 0.2) is 0 Å². The van der Waals surface area contributed by atoms with Crippen molar-refractivity contribution in [2.24, 2.45) is 23.2 Å². The lowest BCUT2D eigenvalue weighted by Crippen LogP contribution is -2.34. The summed E-state index contributed by atoms with van der Waals surface area (Å²) >= 11 is 0. The van der Waals surface area contributed by atoms with Crippen molar-refractivity contribution in [2.75, 3.05) is 6.54 Å². The van der Waals surface area contributed by atoms with Crippen LogP contribution in [0.2, 0.25) is 0 Å². The van der Waals surface area contributed by atoms with E-state index >= 15 is 0 Å². The van der Waals surface area contributed by atoms with Crippen LogP contribution in [0.5, 0.6) is 0 Å². The van der Waals surface area contributed by atoms with Crippen LogP contribution in [0.25, 0.3) is 0 Å². The average molecular weight is 280 g/mol. The van der Waals surface area contributed by atoms with Gasteiger partial charge in [0, 0.05) is 6.04 Å². The van der Waals surface area contributed by atoms with Gasteiger partial charge in [0.2, 0.25) is 0 Å². The highest BCUT2D eigenvalue weighted by atomic mass is 14.9. The van der Waals surface area contributed by atoms with Crippen LogP contribution in [0, 0.1) is 23.2 Å². The molecule has 2 aliphatic carbocycles. The second-order valence-corrected chi connectivity index (χ2v) is 8.80. The van der Waals surface area contributed by atoms with Crippen LogP contribution >= 0.6 is 0 Å². The molecule has 2 unspecified atom stereocenters. The fraction of sp³-hybridized carbons (Fsp3) is 1.00. The van der Waals surface area contributed by atoms with E-state index in [2.05, 4.69) is 33.0 Å². The summed E-state index contributed by atoms with van der Waals surface area (Å²) in [6.45, 7) is 11.0. The van der Waals surface area contributed by atoms with Crippen LogP contribution in [0.3, 0.4) is 0 Å². The van der Waals surface area contributed by atoms with Crippen LogP contribution in [0.1, 0.15) is 85.5 Å². The molecule has 1 N–H and O–H groups in total. The predicted molar refractivity (Wildman–Crippen MR) is 88.9 cm³/mol. The lowest BCUT2D eigenvalue weighted by molar-refractivity contribution is 0.212. The molecule has 0 heterocycles. The fourth-order valence-corrected chi connectivity index (χ4v) is 4.24. The topological polar surface area (TPSA) is 12.0 Å². The Morgan fingerprint density at radius 2 is 1.55 bits per heavy atom. The lowest BCUT2D eigenvalue weighted by Gasteiger charge is -2.30. The third kappa shape index (κ3) is 5.06. The molecule has 0 spiro atoms. The van der Waals surface area contributed by atoms with Crippen LogP contribution in [0.4, 0.5) is 0 Å². The first-order chi connectivity index (χ1) is 9.45. The highest BCUT2D eigenvalue weighted by Crippen LogP contribution is 2.37. The molecule has 0 bridgehead atoms. The molecule has 2 fully saturated rings. The molecule has 0 aromatic rings. The predicted octanol–water partition coefficient (Wildman–Crippen LogP) is 5.40. The number of hydrogen-bond donors (Lipinski definition) is 1. The van der Waals surface area contributed by atoms with Crippen LogP contribution < -0.4 is 5.32 Å². The zero-order chi connectivity index (χ0) is 14.6. The van der Waals surface area contributed by atoms with Crippen molar-refractivity contribution < 1.29 is 0 Å². The van der Waals surface area contributed by atoms with E-state index in [-0.39, 0.29) is 0 Å². The molecule has 1 heteroatoms. The minimum absolute atomic E-state index is 0.508. The molecule has 0 aromatic heterocycles. The Morgan fingerprint density at radius 3 is 2.20 bits per heavy atom. The molecule has 118 valence electrons. The second-order valence-electron chi connectivity index (χ2n) is 8.80. The first-order valence-electron chi connectivity index (χ1n) is 9.18. The smallest absolute Gasteiger partial charge is 0.00672 e. The molecule has 0 radical (unpaired) electrons. The molecular weight excluding hydrogens is 242 g/mol. The summed E-state index contributed by atoms with van der Waals surface area (Å²) in [7, 11) is 0. The van der Waals surface area contributed by atoms with Crippen LogP contribution in [-0.2, 0) is 0 Å². The van der Waals surface area contributed by atoms with Crippen molar-refractivity contribution in [3.8, 4) is 0 Å². The molecule has 2 aliphatic rings. The molecular formula is C19H37N. The van der Waals surface area contributed by atoms with Gasteiger partial charge < -0.3 is 5.32 Å². The van der Waals surface area contributed by atoms with E-state index in [9.17, 15) is 0 Å². The highest BCUT2D eigenvalue weighted by Gasteiger charge is 2.28. The van der Waals surface area contributed by atoms with E-state index in [0.29, 0.717) is 5.41 Å². The van der Waals surface area contributed by atoms with Crippen LogP contribution in [0.15, 0.2) is 0 Å². The minimum atomic E-state index is 0.508. The van der Waals surface area contributed by atoms with E-state index in [4.69, 9.17) is 0 Å². The average Bonchev–Trinajstić information content (AvgIpc) is 2.63. The summed E-state index contributed by atoms with van der Waals surface area (Å²) < 4.78 is 0. The van der Waals surface area contributed by atoms with E-state index in [1.54, 1.807) is 0 Å². The van der Waals surface area contributed by atoms with E-state index in [1.807, 2.05) is 0 Å². The van der Waals surface area contributed by atoms with Crippen LogP contribution in [-0.4, -0.2) is 12.6 Å². The van der Waals surface area contributed by atoms with Crippen molar-refractivity contribution in [3.63, 3.8) is 0 Å². The van der Waals surface area contributed by atoms with Crippen molar-refractivity contribution in [1.29, 1.82) is 0 Å². The Labute approximate surface area is 127 Å². The molecule has 2 saturated carbocycles. The standard InChI is InChI=1S/C19H37N/c1-15-8-10-16(11-9-15)14-20-18-7-5-6-17(12-13-18)19(2,3)4/h15-18,20H,5-14H2,1-4H3. The Bertz CT molecular complexity index is 270. The van der Waals surface area contributed by atoms with Crippen molar-refractivity contribution >= 4 is 0 Å². The van der Waals surface area contributed by atoms with Gasteiger partial charge in [-0.3, -0.25) is 0 Å². The number of rotatable bonds is 3. The second kappa shape index (κ2) is 7.29. The van der Waals surface area contributed by atoms with Gasteiger partial charge >= 0.3 is 0 Å². The molecule has 0 aromatic carbocycles. The maximum Gasteiger partial charge on any atom is 0.00672 e. The van der Waals surface area contributed by atoms with Gasteiger partial charge in [-0.05, 0) is 68.2 Å². The number of hydrogen-bond acceptors (Lipinski definition) is 1. The first kappa shape index (κ1) is 16.3. The summed E-state index contributed by atoms with van der Waals surface area (Å²) in [4.78, 5) is 0. The maximum absolute atomic E-state index is 3.92. The number of nitrogens with one attached hydrogen (secondary N) is 1. The first-order valence-corrected chi connectivity index (χ1v) is 9.18. The SMILES string of the molecule is CC1CCC(CNC2CCCC(C(C)(C)C)CC2)CC1. The molecule has 2 rings (SSSR count). The van der Waals surface area contributed by atoms with Crippen molar-refractivity contribution in [2.45, 2.75) is 91.5 Å². The van der Waals surface area contributed by atoms with Gasteiger partial charge in [-0.1, -0.05) is 47.0 Å². The van der Waals surface area contributed by atoms with Gasteiger partial charge in [-0.15, -0.1) is 0 Å². The summed E-state index contributed by atoms with van der Waals surface area (Å²) in [6, 6.07) is 0.807. The third-order valence-corrected chi connectivity index (χ3v) is 6.02. The molecule has 0 amide bonds. The molecule has 0 saturated heterocycles. The normalized spacial score (nSPS) is 36.6. The summed E-state index contributed by atoms with van der Waals surface area (Å²) in [5.74, 6) is 2.88. The fourth-order valence-electron chi connectivity index (χ4n) is 4.24. The minimum Gasteiger partial charge on any atom is -0.314 e. The quantitative estimate of drug-likeness (QED) is 0.682. The van der Waals surface area contributed by atoms with E-state index in [1.165, 1.54) is 64.3 Å². The molecule has 2 atom stereocenters. The Morgan fingerprint density at radius 1 is 0.850 bits per heavy atom. The van der Waals surface area contributed by atoms with Crippen molar-refractivity contribution in [3.05, 3.63) is 0 Å². The van der Waals surface area contributed by atoms with Gasteiger partial charge in [0.05, 0.1) is 0 Å². The largest absolute Gasteiger partial charge is 0.314 e. The summed E-state index contributed by atoms with van der Waals surface area (Å²) in [6.07, 6.45) is 13.0. The van der Waals surface area contributed by atoms with Crippen molar-refractivity contribution in [1.82, 2.24) is 5.32 Å². The summed E-state index contributed by atoms with van der Waals surface area (Å²) in [5.41, 5.74) is 0.508. The molecule has 0 aliphatic heterocycles. The molecule has 1 nitrogen and oxygen atoms in total. The van der Waals surface area contributed by atoms with E-state index < -0.39 is 0 Å². The van der Waals surface area contributed by atoms with Gasteiger partial charge in [0.25, 0.3) is 0 Å². The highest BCUT2D eigenvalue weighted by molar-refractivity contribution is 4.82. The van der Waals surface area contributed by atoms with Gasteiger partial charge in [-0.25, -0.2) is 0 Å². The van der Waals surface area contributed by atoms with Gasteiger partial charge in [-0.2, -0.15) is 0 Å². The monoisotopic (exact) mass is 279 g/mol. The maximum atomic E-state index is 3.92. The summed E-state index contributed by atoms with van der Waals surface area (Å²) in [5, 5.41) is 3.92. The third-order valence-electron chi connectivity index (χ3n) is 6.02. The van der Waals surface area contributed by atoms with Gasteiger partial charge in [0.1, 0.15) is 0 Å². The Kier molecular flexibility index (Phi) is 5.95. The zero-order valence-corrected chi connectivity index (χ0v) is 14.4. The zero-order valence-electron chi connectivity index (χ0n) is 14.4. The lowest BCUT2D eigenvalue weighted by atomic mass is 9.76. The Hall–Kier alpha value is -0.0400.